The Hall–Kier alpha value is -1.04. The fraction of sp³-hybridized carbons (Fsp3) is 0.750. The molecule has 1 heterocycles. The number of aryl methyl sites for hydroxylation is 1. The molecule has 0 bridgehead atoms. The van der Waals surface area contributed by atoms with Gasteiger partial charge in [0.15, 0.2) is 9.84 Å². The van der Waals surface area contributed by atoms with Crippen molar-refractivity contribution in [3.05, 3.63) is 11.9 Å². The monoisotopic (exact) mass is 273 g/mol. The second-order valence-corrected chi connectivity index (χ2v) is 7.14. The van der Waals surface area contributed by atoms with Crippen LogP contribution in [0, 0.1) is 0 Å². The van der Waals surface area contributed by atoms with E-state index in [0.717, 1.165) is 11.4 Å². The van der Waals surface area contributed by atoms with Crippen molar-refractivity contribution in [1.29, 1.82) is 0 Å². The first kappa shape index (κ1) is 15.0. The van der Waals surface area contributed by atoms with Gasteiger partial charge in [-0.25, -0.2) is 8.42 Å². The van der Waals surface area contributed by atoms with Crippen molar-refractivity contribution >= 4 is 15.5 Å². The van der Waals surface area contributed by atoms with Gasteiger partial charge in [-0.2, -0.15) is 5.10 Å². The van der Waals surface area contributed by atoms with Gasteiger partial charge in [-0.15, -0.1) is 0 Å². The zero-order chi connectivity index (χ0) is 13.8. The summed E-state index contributed by atoms with van der Waals surface area (Å²) in [6.45, 7) is 6.46. The Kier molecular flexibility index (Phi) is 5.19. The van der Waals surface area contributed by atoms with Crippen LogP contribution in [0.1, 0.15) is 38.8 Å². The highest BCUT2D eigenvalue weighted by Crippen LogP contribution is 2.21. The van der Waals surface area contributed by atoms with Crippen molar-refractivity contribution in [3.63, 3.8) is 0 Å². The molecule has 1 rings (SSSR count). The number of hydrogen-bond acceptors (Lipinski definition) is 4. The maximum atomic E-state index is 11.6. The highest BCUT2D eigenvalue weighted by Gasteiger charge is 2.13. The highest BCUT2D eigenvalue weighted by atomic mass is 32.2. The Morgan fingerprint density at radius 2 is 2.06 bits per heavy atom. The maximum Gasteiger partial charge on any atom is 0.152 e. The minimum absolute atomic E-state index is 0.174. The smallest absolute Gasteiger partial charge is 0.152 e. The van der Waals surface area contributed by atoms with Crippen molar-refractivity contribution in [2.24, 2.45) is 7.05 Å². The molecule has 0 aliphatic heterocycles. The molecule has 1 N–H and O–H groups in total. The van der Waals surface area contributed by atoms with Crippen molar-refractivity contribution in [2.45, 2.75) is 33.1 Å². The second-order valence-electron chi connectivity index (χ2n) is 4.83. The zero-order valence-electron chi connectivity index (χ0n) is 11.6. The number of sulfone groups is 1. The predicted molar refractivity (Wildman–Crippen MR) is 74.7 cm³/mol. The van der Waals surface area contributed by atoms with E-state index in [1.165, 1.54) is 0 Å². The molecule has 1 aromatic heterocycles. The van der Waals surface area contributed by atoms with E-state index in [1.54, 1.807) is 4.68 Å². The van der Waals surface area contributed by atoms with Crippen molar-refractivity contribution < 1.29 is 8.42 Å². The van der Waals surface area contributed by atoms with Gasteiger partial charge in [0, 0.05) is 25.5 Å². The van der Waals surface area contributed by atoms with Gasteiger partial charge in [0.1, 0.15) is 0 Å². The summed E-state index contributed by atoms with van der Waals surface area (Å²) < 4.78 is 24.9. The van der Waals surface area contributed by atoms with Gasteiger partial charge < -0.3 is 5.32 Å². The summed E-state index contributed by atoms with van der Waals surface area (Å²) in [5.74, 6) is 0.757. The molecule has 0 aromatic carbocycles. The molecule has 1 aromatic rings. The van der Waals surface area contributed by atoms with Crippen molar-refractivity contribution in [2.75, 3.05) is 23.4 Å². The molecule has 18 heavy (non-hydrogen) atoms. The summed E-state index contributed by atoms with van der Waals surface area (Å²) in [7, 11) is -1.05. The lowest BCUT2D eigenvalue weighted by atomic mass is 10.1. The topological polar surface area (TPSA) is 64.0 Å². The first-order valence-electron chi connectivity index (χ1n) is 6.33. The van der Waals surface area contributed by atoms with E-state index >= 15 is 0 Å². The van der Waals surface area contributed by atoms with Gasteiger partial charge in [-0.1, -0.05) is 20.8 Å². The molecule has 0 saturated heterocycles. The van der Waals surface area contributed by atoms with Crippen molar-refractivity contribution in [3.8, 4) is 0 Å². The zero-order valence-corrected chi connectivity index (χ0v) is 12.4. The number of nitrogens with one attached hydrogen (secondary N) is 1. The molecule has 5 nitrogen and oxygen atoms in total. The van der Waals surface area contributed by atoms with Crippen LogP contribution in [0.15, 0.2) is 6.20 Å². The minimum atomic E-state index is -2.92. The molecule has 0 saturated carbocycles. The summed E-state index contributed by atoms with van der Waals surface area (Å²) in [4.78, 5) is 0. The SMILES string of the molecule is CCCS(=O)(=O)CCNc1cn(C)nc1C(C)C. The molecule has 0 radical (unpaired) electrons. The highest BCUT2D eigenvalue weighted by molar-refractivity contribution is 7.91. The van der Waals surface area contributed by atoms with Gasteiger partial charge in [0.05, 0.1) is 17.1 Å². The Balaban J connectivity index is 2.59. The van der Waals surface area contributed by atoms with E-state index < -0.39 is 9.84 Å². The van der Waals surface area contributed by atoms with Crippen molar-refractivity contribution in [1.82, 2.24) is 9.78 Å². The molecule has 0 amide bonds. The van der Waals surface area contributed by atoms with Gasteiger partial charge in [-0.3, -0.25) is 4.68 Å². The Bertz CT molecular complexity index is 478. The minimum Gasteiger partial charge on any atom is -0.381 e. The van der Waals surface area contributed by atoms with Gasteiger partial charge in [0.2, 0.25) is 0 Å². The summed E-state index contributed by atoms with van der Waals surface area (Å²) in [6, 6.07) is 0. The van der Waals surface area contributed by atoms with E-state index in [9.17, 15) is 8.42 Å². The fourth-order valence-electron chi connectivity index (χ4n) is 1.82. The lowest BCUT2D eigenvalue weighted by Gasteiger charge is -2.08. The third kappa shape index (κ3) is 4.33. The lowest BCUT2D eigenvalue weighted by Crippen LogP contribution is -2.18. The summed E-state index contributed by atoms with van der Waals surface area (Å²) in [6.07, 6.45) is 2.56. The summed E-state index contributed by atoms with van der Waals surface area (Å²) >= 11 is 0. The van der Waals surface area contributed by atoms with E-state index in [1.807, 2.05) is 20.2 Å². The maximum absolute atomic E-state index is 11.6. The fourth-order valence-corrected chi connectivity index (χ4v) is 3.06. The number of hydrogen-bond donors (Lipinski definition) is 1. The number of nitrogens with zero attached hydrogens (tertiary/aromatic N) is 2. The van der Waals surface area contributed by atoms with Crippen LogP contribution in [0.2, 0.25) is 0 Å². The van der Waals surface area contributed by atoms with E-state index in [4.69, 9.17) is 0 Å². The molecule has 0 fully saturated rings. The molecule has 0 spiro atoms. The van der Waals surface area contributed by atoms with Crippen LogP contribution in [0.5, 0.6) is 0 Å². The third-order valence-corrected chi connectivity index (χ3v) is 4.50. The molecule has 6 heteroatoms. The average Bonchev–Trinajstić information content (AvgIpc) is 2.59. The standard InChI is InChI=1S/C12H23N3O2S/c1-5-7-18(16,17)8-6-13-11-9-15(4)14-12(11)10(2)3/h9-10,13H,5-8H2,1-4H3. The Morgan fingerprint density at radius 1 is 1.39 bits per heavy atom. The van der Waals surface area contributed by atoms with E-state index in [-0.39, 0.29) is 11.5 Å². The molecule has 104 valence electrons. The third-order valence-electron chi connectivity index (χ3n) is 2.65. The van der Waals surface area contributed by atoms with Gasteiger partial charge >= 0.3 is 0 Å². The second kappa shape index (κ2) is 6.22. The molecular formula is C12H23N3O2S. The quantitative estimate of drug-likeness (QED) is 0.822. The molecule has 0 aliphatic rings. The van der Waals surface area contributed by atoms with Crippen LogP contribution in [0.4, 0.5) is 5.69 Å². The Labute approximate surface area is 109 Å². The van der Waals surface area contributed by atoms with Crippen LogP contribution in [-0.2, 0) is 16.9 Å². The number of rotatable bonds is 7. The molecule has 0 unspecified atom stereocenters. The first-order valence-corrected chi connectivity index (χ1v) is 8.15. The van der Waals surface area contributed by atoms with Gasteiger partial charge in [-0.05, 0) is 12.3 Å². The Morgan fingerprint density at radius 3 is 2.61 bits per heavy atom. The van der Waals surface area contributed by atoms with Gasteiger partial charge in [0.25, 0.3) is 0 Å². The first-order chi connectivity index (χ1) is 8.35. The predicted octanol–water partition coefficient (Wildman–Crippen LogP) is 1.78. The normalized spacial score (nSPS) is 12.1. The summed E-state index contributed by atoms with van der Waals surface area (Å²) in [5, 5.41) is 7.53. The van der Waals surface area contributed by atoms with Crippen LogP contribution in [0.25, 0.3) is 0 Å². The molecule has 0 aliphatic carbocycles. The van der Waals surface area contributed by atoms with Crippen LogP contribution in [-0.4, -0.2) is 36.2 Å². The lowest BCUT2D eigenvalue weighted by molar-refractivity contribution is 0.595. The average molecular weight is 273 g/mol. The largest absolute Gasteiger partial charge is 0.381 e. The van der Waals surface area contributed by atoms with E-state index in [2.05, 4.69) is 24.3 Å². The number of anilines is 1. The van der Waals surface area contributed by atoms with Crippen LogP contribution >= 0.6 is 0 Å². The van der Waals surface area contributed by atoms with Crippen LogP contribution in [0.3, 0.4) is 0 Å². The van der Waals surface area contributed by atoms with E-state index in [0.29, 0.717) is 18.9 Å². The summed E-state index contributed by atoms with van der Waals surface area (Å²) in [5.41, 5.74) is 1.91. The molecular weight excluding hydrogens is 250 g/mol. The van der Waals surface area contributed by atoms with Crippen LogP contribution < -0.4 is 5.32 Å². The molecule has 0 atom stereocenters. The number of aromatic nitrogens is 2.